The number of hydrogen-bond donors (Lipinski definition) is 0. The van der Waals surface area contributed by atoms with Gasteiger partial charge < -0.3 is 14.4 Å². The van der Waals surface area contributed by atoms with Crippen molar-refractivity contribution in [3.63, 3.8) is 0 Å². The summed E-state index contributed by atoms with van der Waals surface area (Å²) in [5.74, 6) is 2.12. The molecule has 0 radical (unpaired) electrons. The zero-order valence-corrected chi connectivity index (χ0v) is 16.0. The molecule has 6 heteroatoms. The van der Waals surface area contributed by atoms with Crippen molar-refractivity contribution in [1.82, 2.24) is 4.98 Å². The van der Waals surface area contributed by atoms with Gasteiger partial charge in [-0.05, 0) is 24.0 Å². The maximum Gasteiger partial charge on any atom is 0.235 e. The number of aliphatic imine (C=N–C) groups is 2. The Kier molecular flexibility index (Phi) is 4.97. The molecule has 0 aromatic carbocycles. The summed E-state index contributed by atoms with van der Waals surface area (Å²) in [4.78, 5) is 16.2. The fourth-order valence-corrected chi connectivity index (χ4v) is 2.74. The zero-order chi connectivity index (χ0) is 18.1. The highest BCUT2D eigenvalue weighted by Crippen LogP contribution is 2.23. The van der Waals surface area contributed by atoms with Crippen molar-refractivity contribution in [2.75, 3.05) is 32.2 Å². The van der Waals surface area contributed by atoms with E-state index in [2.05, 4.69) is 27.7 Å². The van der Waals surface area contributed by atoms with Crippen molar-refractivity contribution in [2.45, 2.75) is 39.8 Å². The van der Waals surface area contributed by atoms with Crippen LogP contribution in [0.15, 0.2) is 22.1 Å². The first-order valence-electron chi connectivity index (χ1n) is 8.96. The average molecular weight is 344 g/mol. The molecule has 136 valence electrons. The second-order valence-electron chi connectivity index (χ2n) is 7.60. The highest BCUT2D eigenvalue weighted by molar-refractivity contribution is 5.98. The first-order valence-corrected chi connectivity index (χ1v) is 8.96. The highest BCUT2D eigenvalue weighted by Gasteiger charge is 2.27. The van der Waals surface area contributed by atoms with Gasteiger partial charge in [-0.15, -0.1) is 0 Å². The molecule has 2 aliphatic heterocycles. The van der Waals surface area contributed by atoms with Gasteiger partial charge in [0.1, 0.15) is 24.6 Å². The predicted molar refractivity (Wildman–Crippen MR) is 101 cm³/mol. The van der Waals surface area contributed by atoms with Crippen molar-refractivity contribution in [2.24, 2.45) is 21.8 Å². The van der Waals surface area contributed by atoms with E-state index in [1.807, 2.05) is 31.1 Å². The van der Waals surface area contributed by atoms with E-state index < -0.39 is 0 Å². The molecule has 0 aliphatic carbocycles. The molecular formula is C19H28N4O2. The van der Waals surface area contributed by atoms with Crippen molar-refractivity contribution in [3.05, 3.63) is 23.5 Å². The lowest BCUT2D eigenvalue weighted by Crippen LogP contribution is -2.15. The Morgan fingerprint density at radius 2 is 1.32 bits per heavy atom. The minimum atomic E-state index is 0.189. The molecule has 3 heterocycles. The van der Waals surface area contributed by atoms with Crippen LogP contribution in [0, 0.1) is 11.8 Å². The van der Waals surface area contributed by atoms with Crippen LogP contribution in [0.3, 0.4) is 0 Å². The molecule has 25 heavy (non-hydrogen) atoms. The highest BCUT2D eigenvalue weighted by atomic mass is 16.5. The third kappa shape index (κ3) is 3.78. The Bertz CT molecular complexity index is 642. The number of rotatable bonds is 5. The van der Waals surface area contributed by atoms with Crippen molar-refractivity contribution >= 4 is 17.5 Å². The van der Waals surface area contributed by atoms with E-state index in [1.54, 1.807) is 0 Å². The fourth-order valence-electron chi connectivity index (χ4n) is 2.74. The number of anilines is 1. The molecule has 3 rings (SSSR count). The number of aromatic nitrogens is 1. The van der Waals surface area contributed by atoms with E-state index in [4.69, 9.17) is 24.4 Å². The number of hydrogen-bond acceptors (Lipinski definition) is 6. The second-order valence-corrected chi connectivity index (χ2v) is 7.60. The van der Waals surface area contributed by atoms with Crippen LogP contribution in [0.4, 0.5) is 5.69 Å². The standard InChI is InChI=1S/C19H28N4O2/c1-11(2)16-9-24-18(21-16)14-7-13(23(5)6)8-15(20-14)19-22-17(10-25-19)12(3)4/h7-8,11-12,16-17H,9-10H2,1-6H3. The molecule has 0 bridgehead atoms. The third-order valence-corrected chi connectivity index (χ3v) is 4.65. The Morgan fingerprint density at radius 1 is 0.880 bits per heavy atom. The summed E-state index contributed by atoms with van der Waals surface area (Å²) in [5.41, 5.74) is 2.51. The first kappa shape index (κ1) is 17.7. The van der Waals surface area contributed by atoms with Crippen LogP contribution in [0.1, 0.15) is 39.1 Å². The van der Waals surface area contributed by atoms with Gasteiger partial charge in [-0.1, -0.05) is 27.7 Å². The van der Waals surface area contributed by atoms with Crippen LogP contribution < -0.4 is 4.90 Å². The molecule has 2 atom stereocenters. The molecule has 0 saturated heterocycles. The largest absolute Gasteiger partial charge is 0.474 e. The lowest BCUT2D eigenvalue weighted by atomic mass is 10.1. The van der Waals surface area contributed by atoms with Gasteiger partial charge in [0.25, 0.3) is 0 Å². The van der Waals surface area contributed by atoms with Crippen LogP contribution in [-0.2, 0) is 9.47 Å². The number of nitrogens with zero attached hydrogens (tertiary/aromatic N) is 4. The molecular weight excluding hydrogens is 316 g/mol. The Morgan fingerprint density at radius 3 is 1.64 bits per heavy atom. The molecule has 0 N–H and O–H groups in total. The van der Waals surface area contributed by atoms with E-state index in [9.17, 15) is 0 Å². The summed E-state index contributed by atoms with van der Waals surface area (Å²) in [6.45, 7) is 9.85. The third-order valence-electron chi connectivity index (χ3n) is 4.65. The van der Waals surface area contributed by atoms with Gasteiger partial charge in [-0.2, -0.15) is 0 Å². The lowest BCUT2D eigenvalue weighted by Gasteiger charge is -2.15. The summed E-state index contributed by atoms with van der Waals surface area (Å²) in [6, 6.07) is 4.38. The molecule has 0 saturated carbocycles. The summed E-state index contributed by atoms with van der Waals surface area (Å²) >= 11 is 0. The minimum Gasteiger partial charge on any atom is -0.474 e. The summed E-state index contributed by atoms with van der Waals surface area (Å²) in [5, 5.41) is 0. The summed E-state index contributed by atoms with van der Waals surface area (Å²) in [6.07, 6.45) is 0. The molecule has 2 unspecified atom stereocenters. The average Bonchev–Trinajstić information content (AvgIpc) is 3.24. The van der Waals surface area contributed by atoms with Crippen molar-refractivity contribution in [1.29, 1.82) is 0 Å². The molecule has 1 aromatic rings. The zero-order valence-electron chi connectivity index (χ0n) is 16.0. The van der Waals surface area contributed by atoms with Crippen molar-refractivity contribution in [3.8, 4) is 0 Å². The molecule has 0 amide bonds. The van der Waals surface area contributed by atoms with Crippen LogP contribution in [-0.4, -0.2) is 56.2 Å². The van der Waals surface area contributed by atoms with Crippen LogP contribution in [0.2, 0.25) is 0 Å². The molecule has 2 aliphatic rings. The Hall–Kier alpha value is -2.11. The van der Waals surface area contributed by atoms with E-state index in [0.717, 1.165) is 17.1 Å². The van der Waals surface area contributed by atoms with Gasteiger partial charge in [0.15, 0.2) is 0 Å². The maximum absolute atomic E-state index is 5.81. The molecule has 1 aromatic heterocycles. The van der Waals surface area contributed by atoms with Gasteiger partial charge in [-0.25, -0.2) is 15.0 Å². The molecule has 0 fully saturated rings. The minimum absolute atomic E-state index is 0.189. The van der Waals surface area contributed by atoms with E-state index in [0.29, 0.717) is 36.8 Å². The van der Waals surface area contributed by atoms with Gasteiger partial charge >= 0.3 is 0 Å². The second kappa shape index (κ2) is 7.02. The SMILES string of the molecule is CC(C)C1COC(c2cc(N(C)C)cc(C3=NC(C(C)C)CO3)n2)=N1. The normalized spacial score (nSPS) is 22.7. The van der Waals surface area contributed by atoms with Gasteiger partial charge in [0, 0.05) is 19.8 Å². The lowest BCUT2D eigenvalue weighted by molar-refractivity contribution is 0.290. The topological polar surface area (TPSA) is 59.3 Å². The summed E-state index contributed by atoms with van der Waals surface area (Å²) < 4.78 is 11.6. The Labute approximate surface area is 150 Å². The van der Waals surface area contributed by atoms with E-state index in [-0.39, 0.29) is 12.1 Å². The van der Waals surface area contributed by atoms with Crippen LogP contribution in [0.5, 0.6) is 0 Å². The Balaban J connectivity index is 1.97. The molecule has 6 nitrogen and oxygen atoms in total. The smallest absolute Gasteiger partial charge is 0.235 e. The monoisotopic (exact) mass is 344 g/mol. The summed E-state index contributed by atoms with van der Waals surface area (Å²) in [7, 11) is 4.01. The number of pyridine rings is 1. The van der Waals surface area contributed by atoms with Gasteiger partial charge in [0.2, 0.25) is 11.8 Å². The maximum atomic E-state index is 5.81. The van der Waals surface area contributed by atoms with E-state index >= 15 is 0 Å². The van der Waals surface area contributed by atoms with Gasteiger partial charge in [-0.3, -0.25) is 0 Å². The van der Waals surface area contributed by atoms with E-state index in [1.165, 1.54) is 0 Å². The van der Waals surface area contributed by atoms with Crippen LogP contribution in [0.25, 0.3) is 0 Å². The molecule has 0 spiro atoms. The van der Waals surface area contributed by atoms with Gasteiger partial charge in [0.05, 0.1) is 12.1 Å². The fraction of sp³-hybridized carbons (Fsp3) is 0.632. The first-order chi connectivity index (χ1) is 11.8. The predicted octanol–water partition coefficient (Wildman–Crippen LogP) is 2.75. The van der Waals surface area contributed by atoms with Crippen molar-refractivity contribution < 1.29 is 9.47 Å². The van der Waals surface area contributed by atoms with Crippen LogP contribution >= 0.6 is 0 Å². The number of ether oxygens (including phenoxy) is 2. The quantitative estimate of drug-likeness (QED) is 0.824.